The van der Waals surface area contributed by atoms with Crippen molar-refractivity contribution in [2.24, 2.45) is 5.14 Å². The van der Waals surface area contributed by atoms with Crippen LogP contribution in [-0.2, 0) is 19.6 Å². The lowest BCUT2D eigenvalue weighted by Gasteiger charge is -2.27. The third-order valence-corrected chi connectivity index (χ3v) is 5.51. The average Bonchev–Trinajstić information content (AvgIpc) is 3.11. The van der Waals surface area contributed by atoms with E-state index in [0.717, 1.165) is 36.4 Å². The highest BCUT2D eigenvalue weighted by Gasteiger charge is 2.44. The molecular weight excluding hydrogens is 479 g/mol. The minimum absolute atomic E-state index is 0.0589. The molecule has 1 saturated heterocycles. The molecule has 1 aliphatic heterocycles. The number of anilines is 2. The number of carbonyl (C=O) groups is 1. The number of hydrogen-bond donors (Lipinski definition) is 2. The Morgan fingerprint density at radius 3 is 2.58 bits per heavy atom. The van der Waals surface area contributed by atoms with Gasteiger partial charge in [-0.2, -0.15) is 4.39 Å². The van der Waals surface area contributed by atoms with Crippen LogP contribution in [0.1, 0.15) is 6.42 Å². The zero-order valence-corrected chi connectivity index (χ0v) is 17.6. The summed E-state index contributed by atoms with van der Waals surface area (Å²) in [4.78, 5) is 17.6. The molecule has 3 rings (SSSR count). The predicted molar refractivity (Wildman–Crippen MR) is 104 cm³/mol. The molecule has 1 aliphatic rings. The van der Waals surface area contributed by atoms with Gasteiger partial charge in [0.2, 0.25) is 11.7 Å². The first-order valence-electron chi connectivity index (χ1n) is 9.13. The van der Waals surface area contributed by atoms with E-state index < -0.39 is 69.8 Å². The minimum atomic E-state index is -5.00. The van der Waals surface area contributed by atoms with Crippen molar-refractivity contribution >= 4 is 27.3 Å². The van der Waals surface area contributed by atoms with Crippen LogP contribution in [0.25, 0.3) is 0 Å². The summed E-state index contributed by atoms with van der Waals surface area (Å²) in [5.74, 6) is -4.13. The Balaban J connectivity index is 1.95. The zero-order valence-electron chi connectivity index (χ0n) is 16.8. The third-order valence-electron chi connectivity index (χ3n) is 4.70. The molecule has 0 spiro atoms. The number of alkyl halides is 3. The molecule has 0 bridgehead atoms. The van der Waals surface area contributed by atoms with Crippen LogP contribution in [-0.4, -0.2) is 51.5 Å². The second kappa shape index (κ2) is 9.07. The maximum absolute atomic E-state index is 14.2. The average molecular weight is 496 g/mol. The second-order valence-electron chi connectivity index (χ2n) is 6.92. The van der Waals surface area contributed by atoms with Crippen molar-refractivity contribution in [1.82, 2.24) is 4.98 Å². The Hall–Kier alpha value is -3.04. The number of methoxy groups -OCH3 is 1. The number of benzene rings is 1. The lowest BCUT2D eigenvalue weighted by molar-refractivity contribution is -0.339. The molecule has 9 nitrogen and oxygen atoms in total. The zero-order chi connectivity index (χ0) is 24.6. The number of nitrogens with zero attached hydrogens (tertiary/aromatic N) is 2. The van der Waals surface area contributed by atoms with E-state index in [1.807, 2.05) is 0 Å². The van der Waals surface area contributed by atoms with Gasteiger partial charge in [0, 0.05) is 30.9 Å². The Labute approximate surface area is 184 Å². The third kappa shape index (κ3) is 5.66. The fourth-order valence-electron chi connectivity index (χ4n) is 3.40. The number of nitrogens with one attached hydrogen (secondary N) is 1. The van der Waals surface area contributed by atoms with Crippen LogP contribution >= 0.6 is 0 Å². The van der Waals surface area contributed by atoms with Gasteiger partial charge in [-0.1, -0.05) is 0 Å². The van der Waals surface area contributed by atoms with E-state index in [2.05, 4.69) is 15.0 Å². The summed E-state index contributed by atoms with van der Waals surface area (Å²) in [6, 6.07) is 2.63. The molecule has 15 heteroatoms. The van der Waals surface area contributed by atoms with Gasteiger partial charge in [-0.3, -0.25) is 9.53 Å². The SMILES string of the molecule is COc1c(N2C[C@@H](OC(F)(F)F)C[C@H]2C(=O)Nc2ccnc(S(N)(=O)=O)c2)ccc(F)c1F. The first-order chi connectivity index (χ1) is 15.3. The van der Waals surface area contributed by atoms with E-state index in [1.54, 1.807) is 0 Å². The van der Waals surface area contributed by atoms with Crippen molar-refractivity contribution < 1.29 is 44.6 Å². The van der Waals surface area contributed by atoms with Crippen molar-refractivity contribution in [2.75, 3.05) is 23.9 Å². The number of aromatic nitrogens is 1. The Kier molecular flexibility index (Phi) is 6.76. The lowest BCUT2D eigenvalue weighted by atomic mass is 10.1. The highest BCUT2D eigenvalue weighted by atomic mass is 32.2. The number of carbonyl (C=O) groups excluding carboxylic acids is 1. The summed E-state index contributed by atoms with van der Waals surface area (Å²) in [5, 5.41) is 6.80. The van der Waals surface area contributed by atoms with Gasteiger partial charge in [0.25, 0.3) is 10.0 Å². The number of rotatable bonds is 6. The summed E-state index contributed by atoms with van der Waals surface area (Å²) >= 11 is 0. The van der Waals surface area contributed by atoms with Crippen molar-refractivity contribution in [3.63, 3.8) is 0 Å². The minimum Gasteiger partial charge on any atom is -0.491 e. The predicted octanol–water partition coefficient (Wildman–Crippen LogP) is 2.14. The van der Waals surface area contributed by atoms with Crippen LogP contribution in [0.3, 0.4) is 0 Å². The monoisotopic (exact) mass is 496 g/mol. The van der Waals surface area contributed by atoms with Gasteiger partial charge >= 0.3 is 6.36 Å². The van der Waals surface area contributed by atoms with E-state index in [1.165, 1.54) is 6.07 Å². The van der Waals surface area contributed by atoms with Crippen LogP contribution in [0.5, 0.6) is 5.75 Å². The maximum Gasteiger partial charge on any atom is 0.522 e. The molecule has 1 fully saturated rings. The van der Waals surface area contributed by atoms with Gasteiger partial charge in [-0.15, -0.1) is 13.2 Å². The highest BCUT2D eigenvalue weighted by molar-refractivity contribution is 7.89. The molecule has 0 saturated carbocycles. The molecular formula is C18H17F5N4O5S. The van der Waals surface area contributed by atoms with Gasteiger partial charge in [0.1, 0.15) is 6.04 Å². The van der Waals surface area contributed by atoms with Crippen LogP contribution in [0.15, 0.2) is 35.5 Å². The van der Waals surface area contributed by atoms with E-state index in [4.69, 9.17) is 9.88 Å². The van der Waals surface area contributed by atoms with Crippen molar-refractivity contribution in [1.29, 1.82) is 0 Å². The molecule has 33 heavy (non-hydrogen) atoms. The van der Waals surface area contributed by atoms with Crippen LogP contribution in [0, 0.1) is 11.6 Å². The van der Waals surface area contributed by atoms with Crippen molar-refractivity contribution in [3.05, 3.63) is 42.1 Å². The lowest BCUT2D eigenvalue weighted by Crippen LogP contribution is -2.40. The van der Waals surface area contributed by atoms with Gasteiger partial charge in [0.15, 0.2) is 16.6 Å². The van der Waals surface area contributed by atoms with Crippen LogP contribution in [0.4, 0.5) is 33.3 Å². The quantitative estimate of drug-likeness (QED) is 0.588. The van der Waals surface area contributed by atoms with Gasteiger partial charge in [0.05, 0.1) is 18.9 Å². The molecule has 2 heterocycles. The number of halogens is 5. The number of amides is 1. The smallest absolute Gasteiger partial charge is 0.491 e. The summed E-state index contributed by atoms with van der Waals surface area (Å²) < 4.78 is 98.0. The largest absolute Gasteiger partial charge is 0.522 e. The normalized spacial score (nSPS) is 18.9. The highest BCUT2D eigenvalue weighted by Crippen LogP contribution is 2.38. The standard InChI is InChI=1S/C18H17F5N4O5S/c1-31-16-12(3-2-11(19)15(16)20)27-8-10(32-18(21,22)23)7-13(27)17(28)26-9-4-5-25-14(6-9)33(24,29)30/h2-6,10,13H,7-8H2,1H3,(H2,24,29,30)(H,25,26,28)/t10-,13-/m0/s1. The van der Waals surface area contributed by atoms with Gasteiger partial charge < -0.3 is 15.0 Å². The molecule has 0 unspecified atom stereocenters. The maximum atomic E-state index is 14.2. The number of pyridine rings is 1. The summed E-state index contributed by atoms with van der Waals surface area (Å²) in [6.45, 7) is -0.502. The van der Waals surface area contributed by atoms with Crippen LogP contribution < -0.4 is 20.1 Å². The van der Waals surface area contributed by atoms with Gasteiger partial charge in [-0.05, 0) is 18.2 Å². The molecule has 180 valence electrons. The Morgan fingerprint density at radius 2 is 1.97 bits per heavy atom. The fraction of sp³-hybridized carbons (Fsp3) is 0.333. The Bertz CT molecular complexity index is 1160. The van der Waals surface area contributed by atoms with Gasteiger partial charge in [-0.25, -0.2) is 22.9 Å². The van der Waals surface area contributed by atoms with E-state index in [9.17, 15) is 35.2 Å². The number of nitrogens with two attached hydrogens (primary N) is 1. The topological polar surface area (TPSA) is 124 Å². The first kappa shape index (κ1) is 24.6. The molecule has 0 aliphatic carbocycles. The second-order valence-corrected chi connectivity index (χ2v) is 8.43. The molecule has 2 atom stereocenters. The molecule has 1 aromatic carbocycles. The van der Waals surface area contributed by atoms with E-state index >= 15 is 0 Å². The summed E-state index contributed by atoms with van der Waals surface area (Å²) in [7, 11) is -3.16. The van der Waals surface area contributed by atoms with Crippen molar-refractivity contribution in [2.45, 2.75) is 30.0 Å². The summed E-state index contributed by atoms with van der Waals surface area (Å²) in [5.41, 5.74) is -0.235. The molecule has 3 N–H and O–H groups in total. The fourth-order valence-corrected chi connectivity index (χ4v) is 3.90. The molecule has 0 radical (unpaired) electrons. The molecule has 1 aromatic heterocycles. The van der Waals surface area contributed by atoms with E-state index in [0.29, 0.717) is 0 Å². The number of primary sulfonamides is 1. The summed E-state index contributed by atoms with van der Waals surface area (Å²) in [6.07, 6.45) is -5.94. The first-order valence-corrected chi connectivity index (χ1v) is 10.7. The van der Waals surface area contributed by atoms with Crippen LogP contribution in [0.2, 0.25) is 0 Å². The van der Waals surface area contributed by atoms with Crippen molar-refractivity contribution in [3.8, 4) is 5.75 Å². The number of hydrogen-bond acceptors (Lipinski definition) is 7. The molecule has 1 amide bonds. The number of ether oxygens (including phenoxy) is 2. The Morgan fingerprint density at radius 1 is 1.27 bits per heavy atom. The van der Waals surface area contributed by atoms with E-state index in [-0.39, 0.29) is 11.4 Å². The number of sulfonamides is 1. The molecule has 2 aromatic rings.